The summed E-state index contributed by atoms with van der Waals surface area (Å²) >= 11 is 0. The molecule has 1 aromatic carbocycles. The van der Waals surface area contributed by atoms with Crippen molar-refractivity contribution in [2.75, 3.05) is 6.54 Å². The molecule has 8 heteroatoms. The molecule has 1 fully saturated rings. The smallest absolute Gasteiger partial charge is 0.260 e. The Morgan fingerprint density at radius 2 is 2.04 bits per heavy atom. The Balaban J connectivity index is 1.77. The van der Waals surface area contributed by atoms with Crippen LogP contribution in [0.3, 0.4) is 0 Å². The third-order valence-electron chi connectivity index (χ3n) is 4.40. The number of aromatic nitrogens is 3. The van der Waals surface area contributed by atoms with E-state index in [1.54, 1.807) is 7.05 Å². The van der Waals surface area contributed by atoms with E-state index in [1.165, 1.54) is 21.3 Å². The standard InChI is InChI=1S/C16H18N4O3S/c1-19-15(9-10-17-19)24(21,22)20-11-5-4-7-13(20)16-18-12-6-2-3-8-14(12)23-16/h2-3,6,8-10,13H,4-5,7,11H2,1H3. The second-order valence-corrected chi connectivity index (χ2v) is 7.78. The summed E-state index contributed by atoms with van der Waals surface area (Å²) in [7, 11) is -2.02. The Hall–Kier alpha value is -2.19. The average Bonchev–Trinajstić information content (AvgIpc) is 3.21. The Morgan fingerprint density at radius 1 is 1.21 bits per heavy atom. The number of hydrogen-bond acceptors (Lipinski definition) is 5. The molecule has 0 N–H and O–H groups in total. The number of aryl methyl sites for hydroxylation is 1. The first-order chi connectivity index (χ1) is 11.6. The summed E-state index contributed by atoms with van der Waals surface area (Å²) in [6.45, 7) is 0.455. The van der Waals surface area contributed by atoms with Crippen LogP contribution in [0.15, 0.2) is 46.0 Å². The van der Waals surface area contributed by atoms with E-state index in [0.29, 0.717) is 24.4 Å². The molecule has 3 heterocycles. The highest BCUT2D eigenvalue weighted by Crippen LogP contribution is 2.36. The predicted octanol–water partition coefficient (Wildman–Crippen LogP) is 2.48. The van der Waals surface area contributed by atoms with Crippen molar-refractivity contribution in [2.45, 2.75) is 30.3 Å². The van der Waals surface area contributed by atoms with Gasteiger partial charge in [0.2, 0.25) is 5.89 Å². The highest BCUT2D eigenvalue weighted by Gasteiger charge is 2.38. The van der Waals surface area contributed by atoms with Gasteiger partial charge in [-0.05, 0) is 31.0 Å². The Labute approximate surface area is 139 Å². The number of para-hydroxylation sites is 2. The number of piperidine rings is 1. The van der Waals surface area contributed by atoms with Crippen LogP contribution in [0.1, 0.15) is 31.2 Å². The maximum atomic E-state index is 13.1. The lowest BCUT2D eigenvalue weighted by atomic mass is 10.1. The van der Waals surface area contributed by atoms with Gasteiger partial charge in [-0.3, -0.25) is 4.68 Å². The summed E-state index contributed by atoms with van der Waals surface area (Å²) < 4.78 is 34.8. The number of fused-ring (bicyclic) bond motifs is 1. The molecule has 0 amide bonds. The number of hydrogen-bond donors (Lipinski definition) is 0. The molecule has 2 aromatic heterocycles. The number of oxazole rings is 1. The van der Waals surface area contributed by atoms with E-state index >= 15 is 0 Å². The van der Waals surface area contributed by atoms with Crippen LogP contribution in [-0.2, 0) is 17.1 Å². The molecule has 4 rings (SSSR count). The summed E-state index contributed by atoms with van der Waals surface area (Å²) in [5.41, 5.74) is 1.42. The van der Waals surface area contributed by atoms with Gasteiger partial charge in [0.05, 0.1) is 6.20 Å². The highest BCUT2D eigenvalue weighted by atomic mass is 32.2. The third kappa shape index (κ3) is 2.42. The van der Waals surface area contributed by atoms with Crippen molar-refractivity contribution in [3.63, 3.8) is 0 Å². The Morgan fingerprint density at radius 3 is 2.79 bits per heavy atom. The van der Waals surface area contributed by atoms with Gasteiger partial charge < -0.3 is 4.42 Å². The zero-order valence-corrected chi connectivity index (χ0v) is 14.1. The molecule has 0 spiro atoms. The second-order valence-electron chi connectivity index (χ2n) is 5.94. The lowest BCUT2D eigenvalue weighted by molar-refractivity contribution is 0.221. The van der Waals surface area contributed by atoms with Gasteiger partial charge in [0, 0.05) is 13.6 Å². The number of rotatable bonds is 3. The van der Waals surface area contributed by atoms with Gasteiger partial charge in [0.15, 0.2) is 10.6 Å². The maximum absolute atomic E-state index is 13.1. The van der Waals surface area contributed by atoms with Crippen LogP contribution >= 0.6 is 0 Å². The van der Waals surface area contributed by atoms with Crippen LogP contribution < -0.4 is 0 Å². The largest absolute Gasteiger partial charge is 0.439 e. The van der Waals surface area contributed by atoms with Gasteiger partial charge in [-0.2, -0.15) is 9.40 Å². The fourth-order valence-corrected chi connectivity index (χ4v) is 4.96. The average molecular weight is 346 g/mol. The predicted molar refractivity (Wildman–Crippen MR) is 87.7 cm³/mol. The molecule has 1 aliphatic heterocycles. The van der Waals surface area contributed by atoms with Crippen molar-refractivity contribution in [3.05, 3.63) is 42.4 Å². The minimum Gasteiger partial charge on any atom is -0.439 e. The summed E-state index contributed by atoms with van der Waals surface area (Å²) in [4.78, 5) is 4.51. The maximum Gasteiger partial charge on any atom is 0.260 e. The first-order valence-electron chi connectivity index (χ1n) is 7.93. The molecule has 1 atom stereocenters. The summed E-state index contributed by atoms with van der Waals surface area (Å²) in [5.74, 6) is 0.460. The second kappa shape index (κ2) is 5.71. The molecule has 126 valence electrons. The number of sulfonamides is 1. The fourth-order valence-electron chi connectivity index (χ4n) is 3.21. The lowest BCUT2D eigenvalue weighted by Crippen LogP contribution is -2.39. The Bertz CT molecular complexity index is 943. The molecule has 0 bridgehead atoms. The van der Waals surface area contributed by atoms with Gasteiger partial charge in [-0.25, -0.2) is 13.4 Å². The topological polar surface area (TPSA) is 81.2 Å². The molecule has 24 heavy (non-hydrogen) atoms. The minimum absolute atomic E-state index is 0.186. The molecule has 1 aliphatic rings. The van der Waals surface area contributed by atoms with Crippen molar-refractivity contribution >= 4 is 21.1 Å². The first kappa shape index (κ1) is 15.3. The van der Waals surface area contributed by atoms with Crippen LogP contribution in [0.2, 0.25) is 0 Å². The SMILES string of the molecule is Cn1nccc1S(=O)(=O)N1CCCCC1c1nc2ccccc2o1. The number of nitrogens with zero attached hydrogens (tertiary/aromatic N) is 4. The third-order valence-corrected chi connectivity index (χ3v) is 6.38. The van der Waals surface area contributed by atoms with Crippen molar-refractivity contribution < 1.29 is 12.8 Å². The molecule has 1 saturated heterocycles. The molecule has 0 radical (unpaired) electrons. The van der Waals surface area contributed by atoms with E-state index in [9.17, 15) is 8.42 Å². The first-order valence-corrected chi connectivity index (χ1v) is 9.37. The van der Waals surface area contributed by atoms with Gasteiger partial charge in [-0.1, -0.05) is 18.6 Å². The summed E-state index contributed by atoms with van der Waals surface area (Å²) in [5, 5.41) is 4.17. The molecule has 0 aliphatic carbocycles. The van der Waals surface area contributed by atoms with E-state index in [4.69, 9.17) is 4.42 Å². The quantitative estimate of drug-likeness (QED) is 0.728. The van der Waals surface area contributed by atoms with Crippen molar-refractivity contribution in [1.29, 1.82) is 0 Å². The summed E-state index contributed by atoms with van der Waals surface area (Å²) in [6, 6.07) is 8.61. The minimum atomic E-state index is -3.65. The van der Waals surface area contributed by atoms with E-state index < -0.39 is 10.0 Å². The van der Waals surface area contributed by atoms with Gasteiger partial charge in [0.1, 0.15) is 11.6 Å². The van der Waals surface area contributed by atoms with Crippen LogP contribution in [0.25, 0.3) is 11.1 Å². The van der Waals surface area contributed by atoms with Gasteiger partial charge >= 0.3 is 0 Å². The number of benzene rings is 1. The van der Waals surface area contributed by atoms with Crippen molar-refractivity contribution in [2.24, 2.45) is 7.05 Å². The normalized spacial score (nSPS) is 19.8. The highest BCUT2D eigenvalue weighted by molar-refractivity contribution is 7.89. The fraction of sp³-hybridized carbons (Fsp3) is 0.375. The van der Waals surface area contributed by atoms with Crippen LogP contribution in [0, 0.1) is 0 Å². The van der Waals surface area contributed by atoms with Crippen molar-refractivity contribution in [1.82, 2.24) is 19.1 Å². The molecule has 1 unspecified atom stereocenters. The molecular weight excluding hydrogens is 328 g/mol. The van der Waals surface area contributed by atoms with Crippen LogP contribution in [0.5, 0.6) is 0 Å². The van der Waals surface area contributed by atoms with E-state index in [0.717, 1.165) is 18.4 Å². The molecule has 3 aromatic rings. The monoisotopic (exact) mass is 346 g/mol. The zero-order chi connectivity index (χ0) is 16.7. The molecule has 7 nitrogen and oxygen atoms in total. The molecular formula is C16H18N4O3S. The van der Waals surface area contributed by atoms with Gasteiger partial charge in [-0.15, -0.1) is 0 Å². The molecule has 0 saturated carbocycles. The summed E-state index contributed by atoms with van der Waals surface area (Å²) in [6.07, 6.45) is 3.96. The van der Waals surface area contributed by atoms with E-state index in [2.05, 4.69) is 10.1 Å². The van der Waals surface area contributed by atoms with Crippen molar-refractivity contribution in [3.8, 4) is 0 Å². The lowest BCUT2D eigenvalue weighted by Gasteiger charge is -2.32. The van der Waals surface area contributed by atoms with Crippen LogP contribution in [0.4, 0.5) is 0 Å². The Kier molecular flexibility index (Phi) is 3.65. The van der Waals surface area contributed by atoms with E-state index in [-0.39, 0.29) is 11.1 Å². The van der Waals surface area contributed by atoms with Crippen LogP contribution in [-0.4, -0.2) is 34.0 Å². The zero-order valence-electron chi connectivity index (χ0n) is 13.3. The van der Waals surface area contributed by atoms with E-state index in [1.807, 2.05) is 24.3 Å². The van der Waals surface area contributed by atoms with Gasteiger partial charge in [0.25, 0.3) is 10.0 Å².